The average Bonchev–Trinajstić information content (AvgIpc) is 2.65. The van der Waals surface area contributed by atoms with Gasteiger partial charge in [-0.25, -0.2) is 12.7 Å². The molecular weight excluding hydrogens is 440 g/mol. The summed E-state index contributed by atoms with van der Waals surface area (Å²) in [5.41, 5.74) is 0.517. The molecule has 2 atom stereocenters. The zero-order chi connectivity index (χ0) is 22.6. The fourth-order valence-electron chi connectivity index (χ4n) is 5.97. The van der Waals surface area contributed by atoms with Gasteiger partial charge < -0.3 is 10.1 Å². The minimum Gasteiger partial charge on any atom is -0.455 e. The molecule has 4 fully saturated rings. The summed E-state index contributed by atoms with van der Waals surface area (Å²) in [5, 5.41) is 2.67. The van der Waals surface area contributed by atoms with Gasteiger partial charge in [-0.15, -0.1) is 11.6 Å². The molecule has 5 rings (SSSR count). The first-order chi connectivity index (χ1) is 14.4. The van der Waals surface area contributed by atoms with Crippen LogP contribution in [0.3, 0.4) is 0 Å². The normalized spacial score (nSPS) is 31.6. The number of hydrogen-bond acceptors (Lipinski definition) is 5. The third kappa shape index (κ3) is 4.22. The van der Waals surface area contributed by atoms with Crippen molar-refractivity contribution in [1.82, 2.24) is 4.31 Å². The third-order valence-electron chi connectivity index (χ3n) is 7.02. The first-order valence-electron chi connectivity index (χ1n) is 10.6. The fourth-order valence-corrected chi connectivity index (χ4v) is 7.59. The molecule has 1 aromatic carbocycles. The third-order valence-corrected chi connectivity index (χ3v) is 9.27. The van der Waals surface area contributed by atoms with Gasteiger partial charge in [-0.1, -0.05) is 6.07 Å². The molecule has 4 aliphatic rings. The number of rotatable bonds is 6. The summed E-state index contributed by atoms with van der Waals surface area (Å²) in [6.07, 6.45) is 5.27. The molecule has 0 unspecified atom stereocenters. The van der Waals surface area contributed by atoms with E-state index in [0.29, 0.717) is 29.5 Å². The monoisotopic (exact) mass is 468 g/mol. The number of carbonyl (C=O) groups excluding carboxylic acids is 2. The van der Waals surface area contributed by atoms with Crippen LogP contribution in [0.5, 0.6) is 0 Å². The number of nitrogens with zero attached hydrogens (tertiary/aromatic N) is 1. The Morgan fingerprint density at radius 1 is 1.19 bits per heavy atom. The molecule has 4 bridgehead atoms. The highest BCUT2D eigenvalue weighted by molar-refractivity contribution is 7.89. The van der Waals surface area contributed by atoms with Crippen molar-refractivity contribution >= 4 is 39.2 Å². The minimum absolute atomic E-state index is 0.0800. The van der Waals surface area contributed by atoms with E-state index in [4.69, 9.17) is 16.3 Å². The van der Waals surface area contributed by atoms with E-state index >= 15 is 0 Å². The maximum Gasteiger partial charge on any atom is 0.312 e. The highest BCUT2D eigenvalue weighted by Gasteiger charge is 2.60. The SMILES string of the molecule is Cc1ccc(S(=O)(=O)N(C)C)cc1NC(=O)COC(=O)C12C[C@H]3C[C@@H](CC(Cl)(C3)C1)C2. The zero-order valence-electron chi connectivity index (χ0n) is 18.1. The van der Waals surface area contributed by atoms with Crippen LogP contribution in [-0.4, -0.2) is 50.2 Å². The van der Waals surface area contributed by atoms with Crippen LogP contribution in [0.4, 0.5) is 5.69 Å². The van der Waals surface area contributed by atoms with Gasteiger partial charge in [0.2, 0.25) is 10.0 Å². The molecule has 7 nitrogen and oxygen atoms in total. The van der Waals surface area contributed by atoms with Crippen molar-refractivity contribution < 1.29 is 22.7 Å². The Morgan fingerprint density at radius 3 is 2.42 bits per heavy atom. The van der Waals surface area contributed by atoms with E-state index in [1.165, 1.54) is 26.2 Å². The summed E-state index contributed by atoms with van der Waals surface area (Å²) in [6, 6.07) is 4.55. The summed E-state index contributed by atoms with van der Waals surface area (Å²) in [7, 11) is -0.732. The van der Waals surface area contributed by atoms with Crippen molar-refractivity contribution in [1.29, 1.82) is 0 Å². The van der Waals surface area contributed by atoms with Gasteiger partial charge in [-0.2, -0.15) is 0 Å². The standard InChI is InChI=1S/C22H29ClN2O5S/c1-14-4-5-17(31(28,29)25(2)3)7-18(14)24-19(26)12-30-20(27)21-8-15-6-16(9-21)11-22(23,10-15)13-21/h4-5,7,15-16H,6,8-13H2,1-3H3,(H,24,26)/t15-,16-,21?,22?/m1/s1. The molecule has 1 N–H and O–H groups in total. The van der Waals surface area contributed by atoms with Crippen molar-refractivity contribution in [2.45, 2.75) is 55.2 Å². The second-order valence-corrected chi connectivity index (χ2v) is 12.7. The van der Waals surface area contributed by atoms with Gasteiger partial charge in [-0.05, 0) is 75.0 Å². The molecule has 9 heteroatoms. The zero-order valence-corrected chi connectivity index (χ0v) is 19.7. The molecule has 4 aliphatic carbocycles. The van der Waals surface area contributed by atoms with Crippen LogP contribution in [0.1, 0.15) is 44.1 Å². The first-order valence-corrected chi connectivity index (χ1v) is 12.4. The van der Waals surface area contributed by atoms with E-state index in [1.54, 1.807) is 13.0 Å². The average molecular weight is 469 g/mol. The number of amides is 1. The van der Waals surface area contributed by atoms with Gasteiger partial charge in [0.05, 0.1) is 10.3 Å². The van der Waals surface area contributed by atoms with Crippen LogP contribution >= 0.6 is 11.6 Å². The van der Waals surface area contributed by atoms with Crippen LogP contribution in [0, 0.1) is 24.2 Å². The number of ether oxygens (including phenoxy) is 1. The molecular formula is C22H29ClN2O5S. The lowest BCUT2D eigenvalue weighted by atomic mass is 9.49. The van der Waals surface area contributed by atoms with Crippen LogP contribution in [-0.2, 0) is 24.3 Å². The molecule has 170 valence electrons. The lowest BCUT2D eigenvalue weighted by molar-refractivity contribution is -0.171. The number of anilines is 1. The van der Waals surface area contributed by atoms with E-state index in [2.05, 4.69) is 5.32 Å². The van der Waals surface area contributed by atoms with Crippen molar-refractivity contribution in [3.63, 3.8) is 0 Å². The van der Waals surface area contributed by atoms with Gasteiger partial charge in [0.1, 0.15) is 0 Å². The number of sulfonamides is 1. The van der Waals surface area contributed by atoms with Gasteiger partial charge >= 0.3 is 5.97 Å². The van der Waals surface area contributed by atoms with E-state index in [-0.39, 0.29) is 15.7 Å². The van der Waals surface area contributed by atoms with Crippen LogP contribution in [0.2, 0.25) is 0 Å². The quantitative estimate of drug-likeness (QED) is 0.510. The number of aryl methyl sites for hydroxylation is 1. The molecule has 1 aromatic rings. The van der Waals surface area contributed by atoms with Gasteiger partial charge in [0, 0.05) is 24.7 Å². The smallest absolute Gasteiger partial charge is 0.312 e. The fraction of sp³-hybridized carbons (Fsp3) is 0.636. The summed E-state index contributed by atoms with van der Waals surface area (Å²) < 4.78 is 31.3. The molecule has 0 radical (unpaired) electrons. The number of carbonyl (C=O) groups is 2. The second-order valence-electron chi connectivity index (χ2n) is 9.78. The Morgan fingerprint density at radius 2 is 1.84 bits per heavy atom. The molecule has 0 heterocycles. The Balaban J connectivity index is 1.41. The molecule has 31 heavy (non-hydrogen) atoms. The van der Waals surface area contributed by atoms with E-state index in [9.17, 15) is 18.0 Å². The number of nitrogens with one attached hydrogen (secondary N) is 1. The van der Waals surface area contributed by atoms with Gasteiger partial charge in [0.15, 0.2) is 6.61 Å². The van der Waals surface area contributed by atoms with Crippen LogP contribution in [0.25, 0.3) is 0 Å². The summed E-state index contributed by atoms with van der Waals surface area (Å²) >= 11 is 6.79. The molecule has 0 spiro atoms. The Bertz CT molecular complexity index is 1010. The van der Waals surface area contributed by atoms with Crippen molar-refractivity contribution in [3.05, 3.63) is 23.8 Å². The van der Waals surface area contributed by atoms with Crippen molar-refractivity contribution in [2.75, 3.05) is 26.0 Å². The van der Waals surface area contributed by atoms with Gasteiger partial charge in [-0.3, -0.25) is 9.59 Å². The summed E-state index contributed by atoms with van der Waals surface area (Å²) in [5.74, 6) is 0.0944. The minimum atomic E-state index is -3.63. The Labute approximate surface area is 188 Å². The van der Waals surface area contributed by atoms with E-state index in [1.807, 2.05) is 0 Å². The Hall–Kier alpha value is -1.64. The number of benzene rings is 1. The number of hydrogen-bond donors (Lipinski definition) is 1. The molecule has 4 saturated carbocycles. The molecule has 1 amide bonds. The van der Waals surface area contributed by atoms with E-state index < -0.39 is 28.0 Å². The highest BCUT2D eigenvalue weighted by Crippen LogP contribution is 2.64. The maximum absolute atomic E-state index is 13.0. The lowest BCUT2D eigenvalue weighted by Gasteiger charge is -2.58. The number of esters is 1. The topological polar surface area (TPSA) is 92.8 Å². The van der Waals surface area contributed by atoms with Crippen LogP contribution in [0.15, 0.2) is 23.1 Å². The van der Waals surface area contributed by atoms with Crippen molar-refractivity contribution in [3.8, 4) is 0 Å². The molecule has 0 aliphatic heterocycles. The highest BCUT2D eigenvalue weighted by atomic mass is 35.5. The van der Waals surface area contributed by atoms with Crippen LogP contribution < -0.4 is 5.32 Å². The molecule has 0 saturated heterocycles. The number of alkyl halides is 1. The maximum atomic E-state index is 13.0. The van der Waals surface area contributed by atoms with E-state index in [0.717, 1.165) is 36.4 Å². The molecule has 0 aromatic heterocycles. The second kappa shape index (κ2) is 7.74. The Kier molecular flexibility index (Phi) is 5.63. The summed E-state index contributed by atoms with van der Waals surface area (Å²) in [4.78, 5) is 25.2. The van der Waals surface area contributed by atoms with Crippen molar-refractivity contribution in [2.24, 2.45) is 17.3 Å². The lowest BCUT2D eigenvalue weighted by Crippen LogP contribution is -2.56. The largest absolute Gasteiger partial charge is 0.455 e. The number of halogens is 1. The summed E-state index contributed by atoms with van der Waals surface area (Å²) in [6.45, 7) is 1.36. The predicted octanol–water partition coefficient (Wildman–Crippen LogP) is 3.30. The predicted molar refractivity (Wildman–Crippen MR) is 117 cm³/mol. The van der Waals surface area contributed by atoms with Gasteiger partial charge in [0.25, 0.3) is 5.91 Å². The first kappa shape index (κ1) is 22.6.